The molecule has 0 nitrogen and oxygen atoms in total. The predicted molar refractivity (Wildman–Crippen MR) is 64.9 cm³/mol. The molecule has 0 aliphatic heterocycles. The Balaban J connectivity index is 2.09. The molecule has 1 aliphatic carbocycles. The average Bonchev–Trinajstić information content (AvgIpc) is 2.29. The summed E-state index contributed by atoms with van der Waals surface area (Å²) in [5.74, 6) is 6.08. The lowest BCUT2D eigenvalue weighted by Gasteiger charge is -2.16. The Morgan fingerprint density at radius 1 is 1.13 bits per heavy atom. The lowest BCUT2D eigenvalue weighted by atomic mass is 9.90. The summed E-state index contributed by atoms with van der Waals surface area (Å²) in [7, 11) is 0. The van der Waals surface area contributed by atoms with Gasteiger partial charge in [0.2, 0.25) is 0 Å². The van der Waals surface area contributed by atoms with Crippen molar-refractivity contribution in [3.63, 3.8) is 0 Å². The number of rotatable bonds is 2. The summed E-state index contributed by atoms with van der Waals surface area (Å²) in [6.45, 7) is 1.91. The van der Waals surface area contributed by atoms with E-state index in [1.54, 1.807) is 11.1 Å². The van der Waals surface area contributed by atoms with Crippen LogP contribution in [0, 0.1) is 11.8 Å². The van der Waals surface area contributed by atoms with Crippen molar-refractivity contribution in [2.75, 3.05) is 0 Å². The molecule has 0 N–H and O–H groups in total. The van der Waals surface area contributed by atoms with Crippen molar-refractivity contribution in [2.24, 2.45) is 0 Å². The Kier molecular flexibility index (Phi) is 3.45. The molecule has 1 aromatic carbocycles. The lowest BCUT2D eigenvalue weighted by Crippen LogP contribution is -2.03. The standard InChI is InChI=1S/C15H18/c1-2-3-4-7-13-10-11-14-8-5-6-9-15(14)12-13/h10-12H,4-9H2,1H3. The number of hydrogen-bond acceptors (Lipinski definition) is 0. The van der Waals surface area contributed by atoms with E-state index in [0.29, 0.717) is 0 Å². The molecule has 0 amide bonds. The maximum absolute atomic E-state index is 3.13. The van der Waals surface area contributed by atoms with Crippen LogP contribution in [0.4, 0.5) is 0 Å². The molecule has 0 unspecified atom stereocenters. The third-order valence-electron chi connectivity index (χ3n) is 3.13. The Morgan fingerprint density at radius 3 is 2.73 bits per heavy atom. The van der Waals surface area contributed by atoms with E-state index < -0.39 is 0 Å². The van der Waals surface area contributed by atoms with Gasteiger partial charge in [-0.25, -0.2) is 0 Å². The number of hydrogen-bond donors (Lipinski definition) is 0. The van der Waals surface area contributed by atoms with Gasteiger partial charge >= 0.3 is 0 Å². The molecule has 0 spiro atoms. The molecule has 0 heteroatoms. The minimum absolute atomic E-state index is 0.995. The first-order valence-electron chi connectivity index (χ1n) is 5.90. The molecular weight excluding hydrogens is 180 g/mol. The quantitative estimate of drug-likeness (QED) is 0.638. The van der Waals surface area contributed by atoms with E-state index in [4.69, 9.17) is 0 Å². The lowest BCUT2D eigenvalue weighted by molar-refractivity contribution is 0.684. The van der Waals surface area contributed by atoms with Crippen LogP contribution in [0.3, 0.4) is 0 Å². The Hall–Kier alpha value is -1.22. The molecule has 0 saturated heterocycles. The van der Waals surface area contributed by atoms with Gasteiger partial charge in [-0.3, -0.25) is 0 Å². The molecule has 1 aromatic rings. The van der Waals surface area contributed by atoms with Crippen molar-refractivity contribution in [2.45, 2.75) is 45.4 Å². The highest BCUT2D eigenvalue weighted by Gasteiger charge is 2.08. The van der Waals surface area contributed by atoms with Crippen LogP contribution >= 0.6 is 0 Å². The smallest absolute Gasteiger partial charge is 0.0129 e. The fourth-order valence-corrected chi connectivity index (χ4v) is 2.27. The fourth-order valence-electron chi connectivity index (χ4n) is 2.27. The van der Waals surface area contributed by atoms with Crippen molar-refractivity contribution in [1.29, 1.82) is 0 Å². The number of aryl methyl sites for hydroxylation is 3. The Morgan fingerprint density at radius 2 is 1.93 bits per heavy atom. The monoisotopic (exact) mass is 198 g/mol. The van der Waals surface area contributed by atoms with E-state index in [1.807, 2.05) is 6.92 Å². The molecule has 0 bridgehead atoms. The predicted octanol–water partition coefficient (Wildman–Crippen LogP) is 3.52. The SMILES string of the molecule is CC#CCCc1ccc2c(c1)CCCC2. The molecule has 0 heterocycles. The largest absolute Gasteiger partial charge is 0.107 e. The third kappa shape index (κ3) is 2.63. The van der Waals surface area contributed by atoms with Crippen LogP contribution in [0.5, 0.6) is 0 Å². The molecular formula is C15H18. The second-order valence-corrected chi connectivity index (χ2v) is 4.24. The van der Waals surface area contributed by atoms with Crippen molar-refractivity contribution in [3.05, 3.63) is 34.9 Å². The summed E-state index contributed by atoms with van der Waals surface area (Å²) < 4.78 is 0. The zero-order chi connectivity index (χ0) is 10.5. The number of fused-ring (bicyclic) bond motifs is 1. The normalized spacial score (nSPS) is 13.9. The molecule has 0 aromatic heterocycles. The molecule has 0 atom stereocenters. The van der Waals surface area contributed by atoms with Gasteiger partial charge in [-0.1, -0.05) is 18.2 Å². The van der Waals surface area contributed by atoms with Crippen LogP contribution < -0.4 is 0 Å². The molecule has 1 aliphatic rings. The van der Waals surface area contributed by atoms with Crippen LogP contribution in [0.15, 0.2) is 18.2 Å². The first-order chi connectivity index (χ1) is 7.40. The first kappa shape index (κ1) is 10.3. The highest BCUT2D eigenvalue weighted by atomic mass is 14.1. The Labute approximate surface area is 92.7 Å². The van der Waals surface area contributed by atoms with E-state index in [0.717, 1.165) is 12.8 Å². The van der Waals surface area contributed by atoms with E-state index in [2.05, 4.69) is 30.0 Å². The van der Waals surface area contributed by atoms with Crippen LogP contribution in [-0.4, -0.2) is 0 Å². The van der Waals surface area contributed by atoms with Gasteiger partial charge in [0.25, 0.3) is 0 Å². The van der Waals surface area contributed by atoms with Gasteiger partial charge in [-0.2, -0.15) is 0 Å². The molecule has 0 saturated carbocycles. The summed E-state index contributed by atoms with van der Waals surface area (Å²) in [6, 6.07) is 7.00. The Bertz CT molecular complexity index is 390. The third-order valence-corrected chi connectivity index (χ3v) is 3.13. The maximum atomic E-state index is 3.13. The van der Waals surface area contributed by atoms with Gasteiger partial charge in [0.15, 0.2) is 0 Å². The van der Waals surface area contributed by atoms with Gasteiger partial charge < -0.3 is 0 Å². The zero-order valence-corrected chi connectivity index (χ0v) is 9.47. The summed E-state index contributed by atoms with van der Waals surface area (Å²) >= 11 is 0. The summed E-state index contributed by atoms with van der Waals surface area (Å²) in [4.78, 5) is 0. The van der Waals surface area contributed by atoms with Crippen molar-refractivity contribution < 1.29 is 0 Å². The fraction of sp³-hybridized carbons (Fsp3) is 0.467. The summed E-state index contributed by atoms with van der Waals surface area (Å²) in [6.07, 6.45) is 7.40. The highest BCUT2D eigenvalue weighted by molar-refractivity contribution is 5.34. The van der Waals surface area contributed by atoms with Crippen LogP contribution in [-0.2, 0) is 19.3 Å². The molecule has 15 heavy (non-hydrogen) atoms. The van der Waals surface area contributed by atoms with Crippen molar-refractivity contribution in [3.8, 4) is 11.8 Å². The minimum atomic E-state index is 0.995. The van der Waals surface area contributed by atoms with Gasteiger partial charge in [0, 0.05) is 6.42 Å². The molecule has 0 fully saturated rings. The minimum Gasteiger partial charge on any atom is -0.107 e. The van der Waals surface area contributed by atoms with Crippen molar-refractivity contribution in [1.82, 2.24) is 0 Å². The van der Waals surface area contributed by atoms with Crippen molar-refractivity contribution >= 4 is 0 Å². The van der Waals surface area contributed by atoms with E-state index in [1.165, 1.54) is 31.2 Å². The second kappa shape index (κ2) is 5.03. The van der Waals surface area contributed by atoms with Gasteiger partial charge in [0.05, 0.1) is 0 Å². The number of benzene rings is 1. The van der Waals surface area contributed by atoms with E-state index >= 15 is 0 Å². The summed E-state index contributed by atoms with van der Waals surface area (Å²) in [5, 5.41) is 0. The average molecular weight is 198 g/mol. The topological polar surface area (TPSA) is 0 Å². The van der Waals surface area contributed by atoms with Crippen LogP contribution in [0.1, 0.15) is 42.9 Å². The van der Waals surface area contributed by atoms with Crippen LogP contribution in [0.2, 0.25) is 0 Å². The highest BCUT2D eigenvalue weighted by Crippen LogP contribution is 2.22. The van der Waals surface area contributed by atoms with Crippen LogP contribution in [0.25, 0.3) is 0 Å². The van der Waals surface area contributed by atoms with E-state index in [9.17, 15) is 0 Å². The molecule has 2 rings (SSSR count). The van der Waals surface area contributed by atoms with E-state index in [-0.39, 0.29) is 0 Å². The van der Waals surface area contributed by atoms with Gasteiger partial charge in [-0.15, -0.1) is 11.8 Å². The first-order valence-corrected chi connectivity index (χ1v) is 5.90. The van der Waals surface area contributed by atoms with Gasteiger partial charge in [0.1, 0.15) is 0 Å². The maximum Gasteiger partial charge on any atom is 0.0129 e. The zero-order valence-electron chi connectivity index (χ0n) is 9.47. The van der Waals surface area contributed by atoms with Gasteiger partial charge in [-0.05, 0) is 55.7 Å². The molecule has 78 valence electrons. The second-order valence-electron chi connectivity index (χ2n) is 4.24. The molecule has 0 radical (unpaired) electrons. The summed E-state index contributed by atoms with van der Waals surface area (Å²) in [5.41, 5.74) is 4.62.